The molecule has 0 aliphatic carbocycles. The second-order valence-corrected chi connectivity index (χ2v) is 7.20. The summed E-state index contributed by atoms with van der Waals surface area (Å²) in [5.74, 6) is 1.09. The maximum Gasteiger partial charge on any atom is 0.289 e. The first-order chi connectivity index (χ1) is 12.1. The summed E-state index contributed by atoms with van der Waals surface area (Å²) in [4.78, 5) is 39.2. The van der Waals surface area contributed by atoms with Crippen LogP contribution in [0.2, 0.25) is 0 Å². The summed E-state index contributed by atoms with van der Waals surface area (Å²) in [5.41, 5.74) is 1.11. The third-order valence-electron chi connectivity index (χ3n) is 4.75. The Bertz CT molecular complexity index is 638. The van der Waals surface area contributed by atoms with Gasteiger partial charge in [0.1, 0.15) is 5.75 Å². The molecule has 3 amide bonds. The molecule has 134 valence electrons. The minimum Gasteiger partial charge on any atom is -0.497 e. The number of methoxy groups -OCH3 is 1. The molecule has 0 radical (unpaired) electrons. The van der Waals surface area contributed by atoms with Crippen molar-refractivity contribution in [3.8, 4) is 5.75 Å². The Morgan fingerprint density at radius 2 is 1.88 bits per heavy atom. The molecule has 0 unspecified atom stereocenters. The molecule has 2 fully saturated rings. The maximum atomic E-state index is 12.4. The third kappa shape index (κ3) is 4.15. The number of carbonyl (C=O) groups excluding carboxylic acids is 3. The van der Waals surface area contributed by atoms with Crippen LogP contribution in [-0.2, 0) is 16.0 Å². The normalized spacial score (nSPS) is 18.8. The molecular weight excluding hydrogens is 340 g/mol. The molecule has 0 spiro atoms. The molecule has 0 atom stereocenters. The summed E-state index contributed by atoms with van der Waals surface area (Å²) in [6.45, 7) is 1.21. The first kappa shape index (κ1) is 17.8. The van der Waals surface area contributed by atoms with Crippen LogP contribution in [0.1, 0.15) is 24.8 Å². The fraction of sp³-hybridized carbons (Fsp3) is 0.500. The predicted octanol–water partition coefficient (Wildman–Crippen LogP) is 2.31. The van der Waals surface area contributed by atoms with Gasteiger partial charge >= 0.3 is 0 Å². The Kier molecular flexibility index (Phi) is 5.63. The van der Waals surface area contributed by atoms with Crippen LogP contribution in [0.4, 0.5) is 4.79 Å². The molecule has 2 aliphatic heterocycles. The molecule has 25 heavy (non-hydrogen) atoms. The van der Waals surface area contributed by atoms with Gasteiger partial charge in [-0.3, -0.25) is 19.3 Å². The summed E-state index contributed by atoms with van der Waals surface area (Å²) < 4.78 is 5.13. The van der Waals surface area contributed by atoms with Crippen LogP contribution in [0, 0.1) is 0 Å². The van der Waals surface area contributed by atoms with E-state index in [1.165, 1.54) is 4.90 Å². The number of aryl methyl sites for hydroxylation is 1. The van der Waals surface area contributed by atoms with Gasteiger partial charge in [-0.05, 0) is 37.0 Å². The van der Waals surface area contributed by atoms with Crippen molar-refractivity contribution in [2.45, 2.75) is 31.7 Å². The van der Waals surface area contributed by atoms with Crippen molar-refractivity contribution < 1.29 is 19.1 Å². The number of likely N-dealkylation sites (tertiary alicyclic amines) is 1. The second-order valence-electron chi connectivity index (χ2n) is 6.28. The van der Waals surface area contributed by atoms with Gasteiger partial charge in [0.05, 0.1) is 12.9 Å². The lowest BCUT2D eigenvalue weighted by molar-refractivity contribution is -0.133. The number of benzene rings is 1. The highest BCUT2D eigenvalue weighted by molar-refractivity contribution is 8.14. The van der Waals surface area contributed by atoms with Crippen molar-refractivity contribution in [1.82, 2.24) is 9.80 Å². The fourth-order valence-electron chi connectivity index (χ4n) is 3.29. The lowest BCUT2D eigenvalue weighted by Crippen LogP contribution is -2.48. The Hall–Kier alpha value is -2.02. The van der Waals surface area contributed by atoms with Gasteiger partial charge in [-0.25, -0.2) is 0 Å². The number of rotatable bonds is 5. The first-order valence-corrected chi connectivity index (χ1v) is 9.46. The lowest BCUT2D eigenvalue weighted by Gasteiger charge is -2.35. The van der Waals surface area contributed by atoms with Gasteiger partial charge in [-0.15, -0.1) is 0 Å². The summed E-state index contributed by atoms with van der Waals surface area (Å²) in [6.07, 6.45) is 2.51. The monoisotopic (exact) mass is 362 g/mol. The molecule has 0 bridgehead atoms. The quantitative estimate of drug-likeness (QED) is 0.804. The summed E-state index contributed by atoms with van der Waals surface area (Å²) >= 11 is 1.07. The number of hydrogen-bond donors (Lipinski definition) is 0. The van der Waals surface area contributed by atoms with E-state index in [0.29, 0.717) is 38.8 Å². The van der Waals surface area contributed by atoms with E-state index in [9.17, 15) is 14.4 Å². The molecule has 7 heteroatoms. The standard InChI is InChI=1S/C18H22N2O4S/c1-24-15-5-2-13(3-6-15)4-7-16(21)19-10-8-14(9-11-19)20-17(22)12-25-18(20)23/h2-3,5-6,14H,4,7-12H2,1H3. The highest BCUT2D eigenvalue weighted by atomic mass is 32.2. The van der Waals surface area contributed by atoms with Crippen LogP contribution in [0.15, 0.2) is 24.3 Å². The second kappa shape index (κ2) is 7.91. The van der Waals surface area contributed by atoms with E-state index in [4.69, 9.17) is 4.74 Å². The van der Waals surface area contributed by atoms with Gasteiger partial charge in [-0.2, -0.15) is 0 Å². The minimum absolute atomic E-state index is 0.0550. The van der Waals surface area contributed by atoms with Gasteiger partial charge in [0.2, 0.25) is 11.8 Å². The predicted molar refractivity (Wildman–Crippen MR) is 95.6 cm³/mol. The van der Waals surface area contributed by atoms with E-state index < -0.39 is 0 Å². The molecule has 0 aromatic heterocycles. The van der Waals surface area contributed by atoms with Gasteiger partial charge in [-0.1, -0.05) is 23.9 Å². The van der Waals surface area contributed by atoms with E-state index in [2.05, 4.69) is 0 Å². The Labute approximate surface area is 151 Å². The van der Waals surface area contributed by atoms with E-state index in [0.717, 1.165) is 23.1 Å². The third-order valence-corrected chi connectivity index (χ3v) is 5.59. The molecule has 1 aromatic carbocycles. The molecule has 0 saturated carbocycles. The van der Waals surface area contributed by atoms with Crippen LogP contribution >= 0.6 is 11.8 Å². The zero-order chi connectivity index (χ0) is 17.8. The molecule has 1 aromatic rings. The highest BCUT2D eigenvalue weighted by Crippen LogP contribution is 2.27. The number of ether oxygens (including phenoxy) is 1. The van der Waals surface area contributed by atoms with Crippen molar-refractivity contribution in [3.05, 3.63) is 29.8 Å². The molecule has 2 heterocycles. The zero-order valence-electron chi connectivity index (χ0n) is 14.3. The Morgan fingerprint density at radius 1 is 1.20 bits per heavy atom. The average Bonchev–Trinajstić information content (AvgIpc) is 2.98. The number of carbonyl (C=O) groups is 3. The Balaban J connectivity index is 1.46. The molecule has 6 nitrogen and oxygen atoms in total. The summed E-state index contributed by atoms with van der Waals surface area (Å²) in [6, 6.07) is 7.68. The SMILES string of the molecule is COc1ccc(CCC(=O)N2CCC(N3C(=O)CSC3=O)CC2)cc1. The highest BCUT2D eigenvalue weighted by Gasteiger charge is 2.37. The molecule has 2 aliphatic rings. The van der Waals surface area contributed by atoms with Crippen LogP contribution < -0.4 is 4.74 Å². The van der Waals surface area contributed by atoms with E-state index in [-0.39, 0.29) is 28.8 Å². The van der Waals surface area contributed by atoms with Crippen LogP contribution in [-0.4, -0.2) is 58.8 Å². The summed E-state index contributed by atoms with van der Waals surface area (Å²) in [7, 11) is 1.63. The van der Waals surface area contributed by atoms with Crippen LogP contribution in [0.5, 0.6) is 5.75 Å². The minimum atomic E-state index is -0.144. The van der Waals surface area contributed by atoms with E-state index in [1.807, 2.05) is 29.2 Å². The number of imide groups is 1. The topological polar surface area (TPSA) is 66.9 Å². The van der Waals surface area contributed by atoms with Gasteiger partial charge in [0.25, 0.3) is 5.24 Å². The largest absolute Gasteiger partial charge is 0.497 e. The van der Waals surface area contributed by atoms with Gasteiger partial charge in [0.15, 0.2) is 0 Å². The van der Waals surface area contributed by atoms with E-state index >= 15 is 0 Å². The van der Waals surface area contributed by atoms with Crippen molar-refractivity contribution >= 4 is 28.8 Å². The van der Waals surface area contributed by atoms with E-state index in [1.54, 1.807) is 7.11 Å². The zero-order valence-corrected chi connectivity index (χ0v) is 15.1. The van der Waals surface area contributed by atoms with Crippen LogP contribution in [0.3, 0.4) is 0 Å². The number of amides is 3. The van der Waals surface area contributed by atoms with Crippen molar-refractivity contribution in [2.75, 3.05) is 26.0 Å². The lowest BCUT2D eigenvalue weighted by atomic mass is 10.0. The van der Waals surface area contributed by atoms with Crippen molar-refractivity contribution in [2.24, 2.45) is 0 Å². The molecular formula is C18H22N2O4S. The maximum absolute atomic E-state index is 12.4. The first-order valence-electron chi connectivity index (χ1n) is 8.48. The van der Waals surface area contributed by atoms with Crippen molar-refractivity contribution in [3.63, 3.8) is 0 Å². The number of hydrogen-bond acceptors (Lipinski definition) is 5. The number of nitrogens with zero attached hydrogens (tertiary/aromatic N) is 2. The Morgan fingerprint density at radius 3 is 2.44 bits per heavy atom. The summed E-state index contributed by atoms with van der Waals surface area (Å²) in [5, 5.41) is -0.144. The molecule has 2 saturated heterocycles. The molecule has 0 N–H and O–H groups in total. The van der Waals surface area contributed by atoms with Gasteiger partial charge in [0, 0.05) is 25.6 Å². The fourth-order valence-corrected chi connectivity index (χ4v) is 4.07. The molecule has 3 rings (SSSR count). The van der Waals surface area contributed by atoms with Gasteiger partial charge < -0.3 is 9.64 Å². The number of thioether (sulfide) groups is 1. The van der Waals surface area contributed by atoms with Crippen LogP contribution in [0.25, 0.3) is 0 Å². The van der Waals surface area contributed by atoms with Crippen molar-refractivity contribution in [1.29, 1.82) is 0 Å². The average molecular weight is 362 g/mol. The smallest absolute Gasteiger partial charge is 0.289 e. The number of piperidine rings is 1.